The van der Waals surface area contributed by atoms with Crippen LogP contribution in [0.25, 0.3) is 0 Å². The van der Waals surface area contributed by atoms with Crippen molar-refractivity contribution in [3.8, 4) is 0 Å². The average Bonchev–Trinajstić information content (AvgIpc) is 2.14. The van der Waals surface area contributed by atoms with Crippen LogP contribution in [0.15, 0.2) is 0 Å². The monoisotopic (exact) mass is 152 g/mol. The van der Waals surface area contributed by atoms with E-state index in [2.05, 4.69) is 5.32 Å². The number of rotatable bonds is 1. The van der Waals surface area contributed by atoms with Crippen molar-refractivity contribution in [1.29, 1.82) is 0 Å². The second kappa shape index (κ2) is 4.06. The molecule has 0 radical (unpaired) electrons. The Morgan fingerprint density at radius 1 is 1.56 bits per heavy atom. The molecule has 1 aliphatic rings. The van der Waals surface area contributed by atoms with Gasteiger partial charge in [0.1, 0.15) is 0 Å². The molecule has 1 heterocycles. The molecule has 4 heteroatoms. The number of ether oxygens (including phenoxy) is 1. The highest BCUT2D eigenvalue weighted by atomic mass is 35.5. The molecule has 0 aliphatic carbocycles. The van der Waals surface area contributed by atoms with Gasteiger partial charge in [0.05, 0.1) is 6.10 Å². The summed E-state index contributed by atoms with van der Waals surface area (Å²) in [7, 11) is 1.69. The molecule has 0 aromatic heterocycles. The summed E-state index contributed by atoms with van der Waals surface area (Å²) in [4.78, 5) is 0. The fraction of sp³-hybridized carbons (Fsp3) is 1.00. The van der Waals surface area contributed by atoms with Crippen LogP contribution >= 0.6 is 12.4 Å². The van der Waals surface area contributed by atoms with Crippen molar-refractivity contribution < 1.29 is 4.74 Å². The lowest BCUT2D eigenvalue weighted by Crippen LogP contribution is -2.34. The summed E-state index contributed by atoms with van der Waals surface area (Å²) in [6.07, 6.45) is 0.231. The van der Waals surface area contributed by atoms with Gasteiger partial charge in [-0.15, -0.1) is 12.4 Å². The molecular formula is C5H13ClN2O. The Labute approximate surface area is 61.3 Å². The summed E-state index contributed by atoms with van der Waals surface area (Å²) in [5.74, 6) is 0. The Kier molecular flexibility index (Phi) is 4.14. The molecule has 1 rings (SSSR count). The fourth-order valence-electron chi connectivity index (χ4n) is 0.933. The van der Waals surface area contributed by atoms with Crippen molar-refractivity contribution in [2.24, 2.45) is 5.73 Å². The smallest absolute Gasteiger partial charge is 0.0858 e. The molecule has 0 saturated carbocycles. The van der Waals surface area contributed by atoms with E-state index >= 15 is 0 Å². The zero-order valence-corrected chi connectivity index (χ0v) is 6.28. The molecule has 1 fully saturated rings. The zero-order chi connectivity index (χ0) is 5.98. The molecule has 56 valence electrons. The summed E-state index contributed by atoms with van der Waals surface area (Å²) in [6, 6.07) is 0.194. The number of halogens is 1. The van der Waals surface area contributed by atoms with Crippen molar-refractivity contribution in [2.45, 2.75) is 12.1 Å². The molecule has 0 amide bonds. The minimum Gasteiger partial charge on any atom is -0.378 e. The van der Waals surface area contributed by atoms with Gasteiger partial charge in [-0.1, -0.05) is 0 Å². The molecule has 3 N–H and O–H groups in total. The standard InChI is InChI=1S/C5H12N2O.ClH/c1-8-5-3-7-2-4(5)6;/h4-5,7H,2-3,6H2,1H3;1H/t4-,5-;/m1./s1. The van der Waals surface area contributed by atoms with Crippen LogP contribution < -0.4 is 11.1 Å². The molecule has 1 saturated heterocycles. The summed E-state index contributed by atoms with van der Waals surface area (Å²) in [5, 5.41) is 3.12. The highest BCUT2D eigenvalue weighted by Gasteiger charge is 2.22. The van der Waals surface area contributed by atoms with Gasteiger partial charge in [0.15, 0.2) is 0 Å². The number of hydrogen-bond donors (Lipinski definition) is 2. The molecule has 0 bridgehead atoms. The Hall–Kier alpha value is 0.170. The SMILES string of the molecule is CO[C@@H]1CNC[C@H]1N.Cl. The largest absolute Gasteiger partial charge is 0.378 e. The van der Waals surface area contributed by atoms with Gasteiger partial charge in [0.2, 0.25) is 0 Å². The predicted molar refractivity (Wildman–Crippen MR) is 38.9 cm³/mol. The fourth-order valence-corrected chi connectivity index (χ4v) is 0.933. The van der Waals surface area contributed by atoms with Crippen molar-refractivity contribution >= 4 is 12.4 Å². The Balaban J connectivity index is 0.000000640. The van der Waals surface area contributed by atoms with E-state index in [1.54, 1.807) is 7.11 Å². The number of methoxy groups -OCH3 is 1. The summed E-state index contributed by atoms with van der Waals surface area (Å²) in [6.45, 7) is 1.79. The maximum atomic E-state index is 5.60. The van der Waals surface area contributed by atoms with Gasteiger partial charge in [-0.05, 0) is 0 Å². The van der Waals surface area contributed by atoms with Gasteiger partial charge in [-0.2, -0.15) is 0 Å². The van der Waals surface area contributed by atoms with Crippen molar-refractivity contribution in [3.63, 3.8) is 0 Å². The van der Waals surface area contributed by atoms with Gasteiger partial charge >= 0.3 is 0 Å². The molecule has 0 spiro atoms. The van der Waals surface area contributed by atoms with E-state index in [9.17, 15) is 0 Å². The third kappa shape index (κ3) is 2.10. The van der Waals surface area contributed by atoms with Crippen LogP contribution in [0.5, 0.6) is 0 Å². The first kappa shape index (κ1) is 9.17. The quantitative estimate of drug-likeness (QED) is 0.525. The van der Waals surface area contributed by atoms with Crippen molar-refractivity contribution in [3.05, 3.63) is 0 Å². The first-order valence-corrected chi connectivity index (χ1v) is 2.83. The third-order valence-corrected chi connectivity index (χ3v) is 1.51. The lowest BCUT2D eigenvalue weighted by atomic mass is 10.2. The second-order valence-electron chi connectivity index (χ2n) is 2.10. The Bertz CT molecular complexity index is 81.4. The van der Waals surface area contributed by atoms with Gasteiger partial charge in [0.25, 0.3) is 0 Å². The molecule has 0 aromatic rings. The summed E-state index contributed by atoms with van der Waals surface area (Å²) >= 11 is 0. The Morgan fingerprint density at radius 2 is 2.22 bits per heavy atom. The summed E-state index contributed by atoms with van der Waals surface area (Å²) < 4.78 is 5.04. The van der Waals surface area contributed by atoms with Gasteiger partial charge < -0.3 is 15.8 Å². The number of nitrogens with one attached hydrogen (secondary N) is 1. The van der Waals surface area contributed by atoms with Gasteiger partial charge in [-0.3, -0.25) is 0 Å². The van der Waals surface area contributed by atoms with Crippen LogP contribution in [0, 0.1) is 0 Å². The number of nitrogens with two attached hydrogens (primary N) is 1. The minimum absolute atomic E-state index is 0. The first-order chi connectivity index (χ1) is 3.84. The lowest BCUT2D eigenvalue weighted by molar-refractivity contribution is 0.107. The maximum Gasteiger partial charge on any atom is 0.0858 e. The van der Waals surface area contributed by atoms with E-state index in [1.807, 2.05) is 0 Å². The maximum absolute atomic E-state index is 5.60. The van der Waals surface area contributed by atoms with Crippen LogP contribution in [-0.4, -0.2) is 32.3 Å². The Morgan fingerprint density at radius 3 is 2.44 bits per heavy atom. The third-order valence-electron chi connectivity index (χ3n) is 1.51. The van der Waals surface area contributed by atoms with E-state index in [-0.39, 0.29) is 24.6 Å². The molecule has 2 atom stereocenters. The molecule has 0 aromatic carbocycles. The molecular weight excluding hydrogens is 140 g/mol. The number of hydrogen-bond acceptors (Lipinski definition) is 3. The molecule has 9 heavy (non-hydrogen) atoms. The van der Waals surface area contributed by atoms with E-state index in [4.69, 9.17) is 10.5 Å². The second-order valence-corrected chi connectivity index (χ2v) is 2.10. The van der Waals surface area contributed by atoms with Crippen LogP contribution in [0.4, 0.5) is 0 Å². The van der Waals surface area contributed by atoms with E-state index in [0.29, 0.717) is 0 Å². The van der Waals surface area contributed by atoms with Gasteiger partial charge in [-0.25, -0.2) is 0 Å². The molecule has 1 aliphatic heterocycles. The van der Waals surface area contributed by atoms with Crippen LogP contribution in [-0.2, 0) is 4.74 Å². The van der Waals surface area contributed by atoms with Crippen molar-refractivity contribution in [1.82, 2.24) is 5.32 Å². The topological polar surface area (TPSA) is 47.3 Å². The highest BCUT2D eigenvalue weighted by Crippen LogP contribution is 1.98. The summed E-state index contributed by atoms with van der Waals surface area (Å²) in [5.41, 5.74) is 5.60. The molecule has 3 nitrogen and oxygen atoms in total. The average molecular weight is 153 g/mol. The van der Waals surface area contributed by atoms with Gasteiger partial charge in [0, 0.05) is 26.2 Å². The van der Waals surface area contributed by atoms with Crippen LogP contribution in [0.3, 0.4) is 0 Å². The van der Waals surface area contributed by atoms with E-state index in [1.165, 1.54) is 0 Å². The lowest BCUT2D eigenvalue weighted by Gasteiger charge is -2.10. The predicted octanol–water partition coefficient (Wildman–Crippen LogP) is -0.646. The first-order valence-electron chi connectivity index (χ1n) is 2.83. The highest BCUT2D eigenvalue weighted by molar-refractivity contribution is 5.85. The minimum atomic E-state index is 0. The van der Waals surface area contributed by atoms with Crippen molar-refractivity contribution in [2.75, 3.05) is 20.2 Å². The van der Waals surface area contributed by atoms with Crippen LogP contribution in [0.2, 0.25) is 0 Å². The normalized spacial score (nSPS) is 34.0. The van der Waals surface area contributed by atoms with E-state index in [0.717, 1.165) is 13.1 Å². The van der Waals surface area contributed by atoms with Crippen LogP contribution in [0.1, 0.15) is 0 Å². The molecule has 0 unspecified atom stereocenters. The van der Waals surface area contributed by atoms with E-state index < -0.39 is 0 Å². The zero-order valence-electron chi connectivity index (χ0n) is 5.46.